The molecule has 5 nitrogen and oxygen atoms in total. The van der Waals surface area contributed by atoms with Crippen molar-refractivity contribution in [2.45, 2.75) is 37.6 Å². The first-order valence-electron chi connectivity index (χ1n) is 8.18. The minimum Gasteiger partial charge on any atom is -0.354 e. The molecule has 1 aromatic carbocycles. The molecule has 2 rings (SSSR count). The van der Waals surface area contributed by atoms with Crippen LogP contribution in [0, 0.1) is 0 Å². The van der Waals surface area contributed by atoms with Crippen LogP contribution in [0.3, 0.4) is 0 Å². The zero-order chi connectivity index (χ0) is 17.6. The van der Waals surface area contributed by atoms with Crippen LogP contribution in [0.1, 0.15) is 31.2 Å². The molecule has 0 spiro atoms. The largest absolute Gasteiger partial charge is 0.354 e. The van der Waals surface area contributed by atoms with Crippen LogP contribution in [0.2, 0.25) is 0 Å². The van der Waals surface area contributed by atoms with E-state index in [1.54, 1.807) is 6.07 Å². The van der Waals surface area contributed by atoms with Gasteiger partial charge in [0.25, 0.3) is 5.91 Å². The fourth-order valence-electron chi connectivity index (χ4n) is 2.88. The SMILES string of the molecule is NCCC(=O)NCC1CCCCN1C(=O)C(F)(F)c1ccccc1. The van der Waals surface area contributed by atoms with E-state index in [-0.39, 0.29) is 37.5 Å². The molecule has 1 aliphatic rings. The second-order valence-electron chi connectivity index (χ2n) is 5.93. The van der Waals surface area contributed by atoms with Crippen molar-refractivity contribution in [1.82, 2.24) is 10.2 Å². The standard InChI is InChI=1S/C17H23F2N3O2/c18-17(19,13-6-2-1-3-7-13)16(24)22-11-5-4-8-14(22)12-21-15(23)9-10-20/h1-3,6-7,14H,4-5,8-12,20H2,(H,21,23). The molecule has 0 radical (unpaired) electrons. The van der Waals surface area contributed by atoms with Crippen molar-refractivity contribution < 1.29 is 18.4 Å². The van der Waals surface area contributed by atoms with E-state index in [0.717, 1.165) is 6.42 Å². The topological polar surface area (TPSA) is 75.4 Å². The van der Waals surface area contributed by atoms with Crippen molar-refractivity contribution in [2.24, 2.45) is 5.73 Å². The molecular formula is C17H23F2N3O2. The lowest BCUT2D eigenvalue weighted by atomic mass is 9.99. The summed E-state index contributed by atoms with van der Waals surface area (Å²) in [4.78, 5) is 25.2. The molecule has 1 atom stereocenters. The number of hydrogen-bond acceptors (Lipinski definition) is 3. The Balaban J connectivity index is 2.08. The number of piperidine rings is 1. The molecule has 1 aliphatic heterocycles. The molecule has 24 heavy (non-hydrogen) atoms. The Hall–Kier alpha value is -2.02. The van der Waals surface area contributed by atoms with Crippen molar-refractivity contribution >= 4 is 11.8 Å². The van der Waals surface area contributed by atoms with Gasteiger partial charge in [0.15, 0.2) is 0 Å². The van der Waals surface area contributed by atoms with E-state index < -0.39 is 17.9 Å². The number of carbonyl (C=O) groups is 2. The molecule has 1 unspecified atom stereocenters. The number of hydrogen-bond donors (Lipinski definition) is 2. The van der Waals surface area contributed by atoms with Gasteiger partial charge < -0.3 is 16.0 Å². The van der Waals surface area contributed by atoms with Crippen molar-refractivity contribution in [3.8, 4) is 0 Å². The molecule has 1 aromatic rings. The summed E-state index contributed by atoms with van der Waals surface area (Å²) in [7, 11) is 0. The second kappa shape index (κ2) is 8.19. The van der Waals surface area contributed by atoms with Crippen LogP contribution < -0.4 is 11.1 Å². The zero-order valence-corrected chi connectivity index (χ0v) is 13.5. The average Bonchev–Trinajstić information content (AvgIpc) is 2.60. The number of nitrogens with zero attached hydrogens (tertiary/aromatic N) is 1. The number of nitrogens with two attached hydrogens (primary N) is 1. The highest BCUT2D eigenvalue weighted by Gasteiger charge is 2.46. The van der Waals surface area contributed by atoms with Crippen molar-refractivity contribution in [1.29, 1.82) is 0 Å². The van der Waals surface area contributed by atoms with Crippen LogP contribution >= 0.6 is 0 Å². The van der Waals surface area contributed by atoms with E-state index in [4.69, 9.17) is 5.73 Å². The maximum Gasteiger partial charge on any atom is 0.349 e. The van der Waals surface area contributed by atoms with Gasteiger partial charge in [0.1, 0.15) is 0 Å². The normalized spacial score (nSPS) is 18.3. The molecule has 7 heteroatoms. The summed E-state index contributed by atoms with van der Waals surface area (Å²) in [6.07, 6.45) is 2.31. The third kappa shape index (κ3) is 4.29. The maximum atomic E-state index is 14.5. The van der Waals surface area contributed by atoms with Gasteiger partial charge in [-0.15, -0.1) is 0 Å². The minimum absolute atomic E-state index is 0.176. The molecule has 0 saturated carbocycles. The van der Waals surface area contributed by atoms with Gasteiger partial charge in [0.05, 0.1) is 0 Å². The summed E-state index contributed by atoms with van der Waals surface area (Å²) >= 11 is 0. The van der Waals surface area contributed by atoms with Crippen LogP contribution in [-0.4, -0.2) is 42.4 Å². The lowest BCUT2D eigenvalue weighted by Gasteiger charge is -2.37. The summed E-state index contributed by atoms with van der Waals surface area (Å²) in [5.74, 6) is -5.00. The number of alkyl halides is 2. The van der Waals surface area contributed by atoms with E-state index in [9.17, 15) is 18.4 Å². The van der Waals surface area contributed by atoms with Crippen molar-refractivity contribution in [2.75, 3.05) is 19.6 Å². The molecule has 1 heterocycles. The summed E-state index contributed by atoms with van der Waals surface area (Å²) in [5, 5.41) is 2.67. The van der Waals surface area contributed by atoms with Crippen LogP contribution in [0.4, 0.5) is 8.78 Å². The lowest BCUT2D eigenvalue weighted by Crippen LogP contribution is -2.53. The highest BCUT2D eigenvalue weighted by molar-refractivity contribution is 5.85. The minimum atomic E-state index is -3.57. The predicted octanol–water partition coefficient (Wildman–Crippen LogP) is 1.62. The summed E-state index contributed by atoms with van der Waals surface area (Å²) < 4.78 is 29.1. The zero-order valence-electron chi connectivity index (χ0n) is 13.5. The molecule has 0 aliphatic carbocycles. The number of carbonyl (C=O) groups excluding carboxylic acids is 2. The van der Waals surface area contributed by atoms with Crippen LogP contribution in [-0.2, 0) is 15.5 Å². The number of likely N-dealkylation sites (tertiary alicyclic amines) is 1. The quantitative estimate of drug-likeness (QED) is 0.827. The Morgan fingerprint density at radius 1 is 1.25 bits per heavy atom. The maximum absolute atomic E-state index is 14.5. The van der Waals surface area contributed by atoms with Crippen molar-refractivity contribution in [3.05, 3.63) is 35.9 Å². The Labute approximate surface area is 140 Å². The van der Waals surface area contributed by atoms with Crippen molar-refractivity contribution in [3.63, 3.8) is 0 Å². The van der Waals surface area contributed by atoms with Gasteiger partial charge in [-0.05, 0) is 19.3 Å². The molecule has 1 saturated heterocycles. The molecule has 132 valence electrons. The first-order valence-corrected chi connectivity index (χ1v) is 8.18. The number of amides is 2. The number of halogens is 2. The molecule has 0 bridgehead atoms. The van der Waals surface area contributed by atoms with E-state index >= 15 is 0 Å². The molecule has 1 fully saturated rings. The van der Waals surface area contributed by atoms with E-state index in [1.165, 1.54) is 29.2 Å². The molecule has 2 amide bonds. The van der Waals surface area contributed by atoms with Gasteiger partial charge in [-0.3, -0.25) is 9.59 Å². The first-order chi connectivity index (χ1) is 11.5. The van der Waals surface area contributed by atoms with Crippen LogP contribution in [0.5, 0.6) is 0 Å². The lowest BCUT2D eigenvalue weighted by molar-refractivity contribution is -0.163. The van der Waals surface area contributed by atoms with Gasteiger partial charge in [0, 0.05) is 37.7 Å². The second-order valence-corrected chi connectivity index (χ2v) is 5.93. The summed E-state index contributed by atoms with van der Waals surface area (Å²) in [5.41, 5.74) is 5.00. The first kappa shape index (κ1) is 18.3. The number of benzene rings is 1. The Bertz CT molecular complexity index is 566. The fraction of sp³-hybridized carbons (Fsp3) is 0.529. The van der Waals surface area contributed by atoms with Gasteiger partial charge in [-0.2, -0.15) is 8.78 Å². The van der Waals surface area contributed by atoms with Gasteiger partial charge in [-0.25, -0.2) is 0 Å². The van der Waals surface area contributed by atoms with Gasteiger partial charge in [0.2, 0.25) is 5.91 Å². The Morgan fingerprint density at radius 2 is 1.96 bits per heavy atom. The summed E-state index contributed by atoms with van der Waals surface area (Å²) in [6, 6.07) is 6.68. The van der Waals surface area contributed by atoms with Crippen LogP contribution in [0.25, 0.3) is 0 Å². The summed E-state index contributed by atoms with van der Waals surface area (Å²) in [6.45, 7) is 0.680. The van der Waals surface area contributed by atoms with Crippen LogP contribution in [0.15, 0.2) is 30.3 Å². The third-order valence-electron chi connectivity index (χ3n) is 4.20. The van der Waals surface area contributed by atoms with Gasteiger partial charge >= 0.3 is 5.92 Å². The fourth-order valence-corrected chi connectivity index (χ4v) is 2.88. The predicted molar refractivity (Wildman–Crippen MR) is 86.4 cm³/mol. The monoisotopic (exact) mass is 339 g/mol. The van der Waals surface area contributed by atoms with Gasteiger partial charge in [-0.1, -0.05) is 30.3 Å². The van der Waals surface area contributed by atoms with E-state index in [1.807, 2.05) is 0 Å². The molecule has 3 N–H and O–H groups in total. The smallest absolute Gasteiger partial charge is 0.349 e. The highest BCUT2D eigenvalue weighted by Crippen LogP contribution is 2.32. The Morgan fingerprint density at radius 3 is 2.62 bits per heavy atom. The van der Waals surface area contributed by atoms with E-state index in [0.29, 0.717) is 12.8 Å². The molecule has 0 aromatic heterocycles. The Kier molecular flexibility index (Phi) is 6.25. The number of nitrogens with one attached hydrogen (secondary N) is 1. The number of rotatable bonds is 6. The highest BCUT2D eigenvalue weighted by atomic mass is 19.3. The van der Waals surface area contributed by atoms with E-state index in [2.05, 4.69) is 5.32 Å². The third-order valence-corrected chi connectivity index (χ3v) is 4.20. The molecular weight excluding hydrogens is 316 g/mol. The average molecular weight is 339 g/mol.